The predicted octanol–water partition coefficient (Wildman–Crippen LogP) is 3.30. The summed E-state index contributed by atoms with van der Waals surface area (Å²) < 4.78 is 5.08. The van der Waals surface area contributed by atoms with Gasteiger partial charge < -0.3 is 9.84 Å². The number of hydrogen-bond donors (Lipinski definition) is 1. The SMILES string of the molecule is CCCCOC(=O)c1cccc(CCC)c1O. The number of unbranched alkanes of at least 4 members (excludes halogenated alkanes) is 1. The summed E-state index contributed by atoms with van der Waals surface area (Å²) in [6.07, 6.45) is 3.53. The fourth-order valence-electron chi connectivity index (χ4n) is 1.61. The first kappa shape index (κ1) is 13.6. The van der Waals surface area contributed by atoms with Crippen molar-refractivity contribution >= 4 is 5.97 Å². The van der Waals surface area contributed by atoms with Crippen LogP contribution < -0.4 is 0 Å². The maximum atomic E-state index is 11.7. The van der Waals surface area contributed by atoms with Gasteiger partial charge in [-0.3, -0.25) is 0 Å². The minimum absolute atomic E-state index is 0.0656. The number of aryl methyl sites for hydroxylation is 1. The number of phenols is 1. The molecular formula is C14H20O3. The molecule has 0 amide bonds. The van der Waals surface area contributed by atoms with Crippen LogP contribution >= 0.6 is 0 Å². The average Bonchev–Trinajstić information content (AvgIpc) is 2.32. The highest BCUT2D eigenvalue weighted by atomic mass is 16.5. The molecule has 0 saturated heterocycles. The van der Waals surface area contributed by atoms with Crippen LogP contribution in [0.25, 0.3) is 0 Å². The molecule has 94 valence electrons. The van der Waals surface area contributed by atoms with Crippen LogP contribution in [0, 0.1) is 0 Å². The second kappa shape index (κ2) is 6.94. The number of aromatic hydroxyl groups is 1. The largest absolute Gasteiger partial charge is 0.507 e. The van der Waals surface area contributed by atoms with E-state index in [1.807, 2.05) is 19.9 Å². The Morgan fingerprint density at radius 2 is 2.06 bits per heavy atom. The molecule has 1 N–H and O–H groups in total. The van der Waals surface area contributed by atoms with Gasteiger partial charge in [-0.2, -0.15) is 0 Å². The Labute approximate surface area is 102 Å². The smallest absolute Gasteiger partial charge is 0.341 e. The number of esters is 1. The van der Waals surface area contributed by atoms with Crippen molar-refractivity contribution in [1.29, 1.82) is 0 Å². The summed E-state index contributed by atoms with van der Waals surface area (Å²) in [5.74, 6) is -0.371. The van der Waals surface area contributed by atoms with E-state index in [1.165, 1.54) is 0 Å². The summed E-state index contributed by atoms with van der Waals surface area (Å²) in [5.41, 5.74) is 1.07. The molecule has 1 aromatic rings. The van der Waals surface area contributed by atoms with Crippen molar-refractivity contribution in [3.63, 3.8) is 0 Å². The standard InChI is InChI=1S/C14H20O3/c1-3-5-10-17-14(16)12-9-6-8-11(7-4-2)13(12)15/h6,8-9,15H,3-5,7,10H2,1-2H3. The van der Waals surface area contributed by atoms with Gasteiger partial charge in [-0.25, -0.2) is 4.79 Å². The Balaban J connectivity index is 2.75. The topological polar surface area (TPSA) is 46.5 Å². The van der Waals surface area contributed by atoms with E-state index in [0.717, 1.165) is 31.2 Å². The third-order valence-corrected chi connectivity index (χ3v) is 2.59. The second-order valence-electron chi connectivity index (χ2n) is 4.05. The zero-order valence-corrected chi connectivity index (χ0v) is 10.5. The third kappa shape index (κ3) is 3.77. The average molecular weight is 236 g/mol. The van der Waals surface area contributed by atoms with E-state index < -0.39 is 5.97 Å². The summed E-state index contributed by atoms with van der Waals surface area (Å²) in [5, 5.41) is 9.95. The molecule has 0 atom stereocenters. The van der Waals surface area contributed by atoms with Gasteiger partial charge in [0.25, 0.3) is 0 Å². The van der Waals surface area contributed by atoms with Crippen LogP contribution in [0.2, 0.25) is 0 Å². The van der Waals surface area contributed by atoms with Gasteiger partial charge in [0.1, 0.15) is 11.3 Å². The number of ether oxygens (including phenoxy) is 1. The van der Waals surface area contributed by atoms with Crippen molar-refractivity contribution in [2.45, 2.75) is 39.5 Å². The second-order valence-corrected chi connectivity index (χ2v) is 4.05. The van der Waals surface area contributed by atoms with Crippen LogP contribution in [0.15, 0.2) is 18.2 Å². The van der Waals surface area contributed by atoms with E-state index in [1.54, 1.807) is 12.1 Å². The zero-order chi connectivity index (χ0) is 12.7. The van der Waals surface area contributed by atoms with Crippen LogP contribution in [-0.2, 0) is 11.2 Å². The van der Waals surface area contributed by atoms with E-state index in [9.17, 15) is 9.90 Å². The van der Waals surface area contributed by atoms with Crippen molar-refractivity contribution in [3.8, 4) is 5.75 Å². The highest BCUT2D eigenvalue weighted by Gasteiger charge is 2.14. The Kier molecular flexibility index (Phi) is 5.53. The molecule has 0 heterocycles. The Morgan fingerprint density at radius 1 is 1.29 bits per heavy atom. The molecule has 1 aromatic carbocycles. The number of carbonyl (C=O) groups is 1. The lowest BCUT2D eigenvalue weighted by Gasteiger charge is -2.09. The number of carbonyl (C=O) groups excluding carboxylic acids is 1. The molecule has 17 heavy (non-hydrogen) atoms. The molecular weight excluding hydrogens is 216 g/mol. The fourth-order valence-corrected chi connectivity index (χ4v) is 1.61. The normalized spacial score (nSPS) is 10.2. The first-order valence-electron chi connectivity index (χ1n) is 6.18. The van der Waals surface area contributed by atoms with Crippen molar-refractivity contribution < 1.29 is 14.6 Å². The van der Waals surface area contributed by atoms with Crippen LogP contribution in [0.3, 0.4) is 0 Å². The molecule has 1 rings (SSSR count). The van der Waals surface area contributed by atoms with Gasteiger partial charge in [0.2, 0.25) is 0 Å². The van der Waals surface area contributed by atoms with Gasteiger partial charge in [0.05, 0.1) is 6.61 Å². The molecule has 0 aliphatic heterocycles. The van der Waals surface area contributed by atoms with Crippen LogP contribution in [0.5, 0.6) is 5.75 Å². The van der Waals surface area contributed by atoms with E-state index in [0.29, 0.717) is 6.61 Å². The molecule has 0 saturated carbocycles. The van der Waals surface area contributed by atoms with Gasteiger partial charge in [0, 0.05) is 0 Å². The van der Waals surface area contributed by atoms with Crippen molar-refractivity contribution in [3.05, 3.63) is 29.3 Å². The number of phenolic OH excluding ortho intramolecular Hbond substituents is 1. The molecule has 0 radical (unpaired) electrons. The van der Waals surface area contributed by atoms with Gasteiger partial charge in [0.15, 0.2) is 0 Å². The van der Waals surface area contributed by atoms with E-state index in [2.05, 4.69) is 0 Å². The van der Waals surface area contributed by atoms with Crippen LogP contribution in [0.1, 0.15) is 49.0 Å². The third-order valence-electron chi connectivity index (χ3n) is 2.59. The van der Waals surface area contributed by atoms with Crippen molar-refractivity contribution in [1.82, 2.24) is 0 Å². The molecule has 0 aliphatic carbocycles. The fraction of sp³-hybridized carbons (Fsp3) is 0.500. The van der Waals surface area contributed by atoms with Crippen molar-refractivity contribution in [2.24, 2.45) is 0 Å². The number of hydrogen-bond acceptors (Lipinski definition) is 3. The zero-order valence-electron chi connectivity index (χ0n) is 10.5. The molecule has 0 aliphatic rings. The van der Waals surface area contributed by atoms with Crippen LogP contribution in [0.4, 0.5) is 0 Å². The molecule has 0 bridgehead atoms. The van der Waals surface area contributed by atoms with Gasteiger partial charge in [-0.05, 0) is 24.5 Å². The summed E-state index contributed by atoms with van der Waals surface area (Å²) in [7, 11) is 0. The lowest BCUT2D eigenvalue weighted by molar-refractivity contribution is 0.0496. The number of para-hydroxylation sites is 1. The quantitative estimate of drug-likeness (QED) is 0.609. The molecule has 0 unspecified atom stereocenters. The minimum Gasteiger partial charge on any atom is -0.507 e. The summed E-state index contributed by atoms with van der Waals surface area (Å²) >= 11 is 0. The first-order chi connectivity index (χ1) is 8.20. The predicted molar refractivity (Wildman–Crippen MR) is 67.3 cm³/mol. The maximum Gasteiger partial charge on any atom is 0.341 e. The lowest BCUT2D eigenvalue weighted by atomic mass is 10.1. The monoisotopic (exact) mass is 236 g/mol. The molecule has 0 fully saturated rings. The number of rotatable bonds is 6. The first-order valence-corrected chi connectivity index (χ1v) is 6.18. The van der Waals surface area contributed by atoms with E-state index in [-0.39, 0.29) is 11.3 Å². The molecule has 3 heteroatoms. The molecule has 0 aromatic heterocycles. The molecule has 3 nitrogen and oxygen atoms in total. The molecule has 0 spiro atoms. The summed E-state index contributed by atoms with van der Waals surface area (Å²) in [4.78, 5) is 11.7. The Bertz CT molecular complexity index is 372. The summed E-state index contributed by atoms with van der Waals surface area (Å²) in [6, 6.07) is 5.21. The minimum atomic E-state index is -0.436. The Hall–Kier alpha value is -1.51. The summed E-state index contributed by atoms with van der Waals surface area (Å²) in [6.45, 7) is 4.48. The van der Waals surface area contributed by atoms with Crippen molar-refractivity contribution in [2.75, 3.05) is 6.61 Å². The highest BCUT2D eigenvalue weighted by Crippen LogP contribution is 2.24. The maximum absolute atomic E-state index is 11.7. The highest BCUT2D eigenvalue weighted by molar-refractivity contribution is 5.92. The number of benzene rings is 1. The van der Waals surface area contributed by atoms with Gasteiger partial charge in [-0.15, -0.1) is 0 Å². The van der Waals surface area contributed by atoms with Gasteiger partial charge >= 0.3 is 5.97 Å². The van der Waals surface area contributed by atoms with Gasteiger partial charge in [-0.1, -0.05) is 38.8 Å². The Morgan fingerprint density at radius 3 is 2.71 bits per heavy atom. The van der Waals surface area contributed by atoms with Crippen LogP contribution in [-0.4, -0.2) is 17.7 Å². The van der Waals surface area contributed by atoms with E-state index >= 15 is 0 Å². The lowest BCUT2D eigenvalue weighted by Crippen LogP contribution is -2.07. The van der Waals surface area contributed by atoms with E-state index in [4.69, 9.17) is 4.74 Å².